The van der Waals surface area contributed by atoms with Crippen molar-refractivity contribution in [3.63, 3.8) is 0 Å². The smallest absolute Gasteiger partial charge is 0.338 e. The third-order valence-electron chi connectivity index (χ3n) is 5.39. The summed E-state index contributed by atoms with van der Waals surface area (Å²) in [5.74, 6) is -0.209. The number of aryl methyl sites for hydroxylation is 3. The van der Waals surface area contributed by atoms with E-state index in [9.17, 15) is 18.0 Å². The number of halogens is 3. The molecule has 1 unspecified atom stereocenters. The molecule has 0 radical (unpaired) electrons. The molecule has 7 nitrogen and oxygen atoms in total. The SMILES string of the molecule is CCn1cc(CN2CCN(C(=O)C(C)n3nc(C(F)(F)F)cc3C)CC2)c(C)n1. The molecule has 0 spiro atoms. The van der Waals surface area contributed by atoms with E-state index in [0.29, 0.717) is 31.9 Å². The van der Waals surface area contributed by atoms with Gasteiger partial charge in [0, 0.05) is 56.7 Å². The molecule has 1 amide bonds. The molecule has 3 rings (SSSR count). The van der Waals surface area contributed by atoms with E-state index in [4.69, 9.17) is 0 Å². The second-order valence-corrected chi connectivity index (χ2v) is 7.49. The van der Waals surface area contributed by atoms with Crippen LogP contribution in [0.1, 0.15) is 42.5 Å². The summed E-state index contributed by atoms with van der Waals surface area (Å²) in [6.45, 7) is 11.3. The van der Waals surface area contributed by atoms with Crippen LogP contribution in [-0.4, -0.2) is 61.4 Å². The Morgan fingerprint density at radius 2 is 1.83 bits per heavy atom. The lowest BCUT2D eigenvalue weighted by Crippen LogP contribution is -2.50. The van der Waals surface area contributed by atoms with Crippen LogP contribution in [0.5, 0.6) is 0 Å². The maximum absolute atomic E-state index is 12.9. The average molecular weight is 412 g/mol. The monoisotopic (exact) mass is 412 g/mol. The Hall–Kier alpha value is -2.36. The normalized spacial score (nSPS) is 17.0. The number of nitrogens with zero attached hydrogens (tertiary/aromatic N) is 6. The number of piperazine rings is 1. The number of alkyl halides is 3. The highest BCUT2D eigenvalue weighted by atomic mass is 19.4. The molecule has 0 N–H and O–H groups in total. The lowest BCUT2D eigenvalue weighted by atomic mass is 10.2. The van der Waals surface area contributed by atoms with Gasteiger partial charge in [0.15, 0.2) is 5.69 Å². The van der Waals surface area contributed by atoms with Crippen LogP contribution < -0.4 is 0 Å². The van der Waals surface area contributed by atoms with Gasteiger partial charge in [-0.15, -0.1) is 0 Å². The van der Waals surface area contributed by atoms with Gasteiger partial charge in [0.05, 0.1) is 5.69 Å². The Morgan fingerprint density at radius 3 is 2.34 bits per heavy atom. The second kappa shape index (κ2) is 8.17. The highest BCUT2D eigenvalue weighted by molar-refractivity contribution is 5.80. The maximum Gasteiger partial charge on any atom is 0.435 e. The molecular formula is C19H27F3N6O. The molecule has 3 heterocycles. The van der Waals surface area contributed by atoms with Crippen molar-refractivity contribution in [2.45, 2.75) is 53.0 Å². The van der Waals surface area contributed by atoms with Gasteiger partial charge >= 0.3 is 6.18 Å². The highest BCUT2D eigenvalue weighted by Gasteiger charge is 2.36. The number of hydrogen-bond donors (Lipinski definition) is 0. The summed E-state index contributed by atoms with van der Waals surface area (Å²) in [6.07, 6.45) is -2.47. The summed E-state index contributed by atoms with van der Waals surface area (Å²) in [5.41, 5.74) is 1.53. The molecule has 0 aliphatic carbocycles. The van der Waals surface area contributed by atoms with Gasteiger partial charge in [0.1, 0.15) is 6.04 Å². The van der Waals surface area contributed by atoms with E-state index >= 15 is 0 Å². The Bertz CT molecular complexity index is 864. The standard InChI is InChI=1S/C19H27F3N6O/c1-5-27-12-16(14(3)23-27)11-25-6-8-26(9-7-25)18(29)15(4)28-13(2)10-17(24-28)19(20,21)22/h10,12,15H,5-9,11H2,1-4H3. The minimum atomic E-state index is -4.52. The predicted molar refractivity (Wildman–Crippen MR) is 101 cm³/mol. The maximum atomic E-state index is 12.9. The topological polar surface area (TPSA) is 59.2 Å². The Labute approximate surface area is 168 Å². The van der Waals surface area contributed by atoms with Crippen molar-refractivity contribution in [2.24, 2.45) is 0 Å². The van der Waals surface area contributed by atoms with E-state index in [-0.39, 0.29) is 5.91 Å². The summed E-state index contributed by atoms with van der Waals surface area (Å²) in [4.78, 5) is 16.8. The quantitative estimate of drug-likeness (QED) is 0.758. The van der Waals surface area contributed by atoms with Crippen molar-refractivity contribution < 1.29 is 18.0 Å². The van der Waals surface area contributed by atoms with Gasteiger partial charge in [-0.2, -0.15) is 23.4 Å². The number of carbonyl (C=O) groups is 1. The van der Waals surface area contributed by atoms with Crippen LogP contribution in [-0.2, 0) is 24.1 Å². The van der Waals surface area contributed by atoms with Crippen LogP contribution in [0.25, 0.3) is 0 Å². The van der Waals surface area contributed by atoms with Crippen molar-refractivity contribution in [1.29, 1.82) is 0 Å². The molecule has 29 heavy (non-hydrogen) atoms. The van der Waals surface area contributed by atoms with Crippen molar-refractivity contribution in [3.8, 4) is 0 Å². The van der Waals surface area contributed by atoms with Crippen LogP contribution in [0.3, 0.4) is 0 Å². The fourth-order valence-electron chi connectivity index (χ4n) is 3.63. The summed E-state index contributed by atoms with van der Waals surface area (Å²) in [5, 5.41) is 8.07. The van der Waals surface area contributed by atoms with E-state index in [1.807, 2.05) is 24.7 Å². The minimum Gasteiger partial charge on any atom is -0.338 e. The number of rotatable bonds is 5. The lowest BCUT2D eigenvalue weighted by molar-refractivity contribution is -0.143. The minimum absolute atomic E-state index is 0.209. The molecule has 1 atom stereocenters. The molecule has 1 aliphatic rings. The van der Waals surface area contributed by atoms with E-state index in [2.05, 4.69) is 15.1 Å². The van der Waals surface area contributed by atoms with Gasteiger partial charge in [0.2, 0.25) is 5.91 Å². The van der Waals surface area contributed by atoms with Crippen LogP contribution >= 0.6 is 0 Å². The van der Waals surface area contributed by atoms with E-state index in [1.54, 1.807) is 11.8 Å². The van der Waals surface area contributed by atoms with Gasteiger partial charge in [0.25, 0.3) is 0 Å². The fraction of sp³-hybridized carbons (Fsp3) is 0.632. The molecule has 10 heteroatoms. The molecule has 1 fully saturated rings. The number of carbonyl (C=O) groups excluding carboxylic acids is 1. The van der Waals surface area contributed by atoms with Gasteiger partial charge in [-0.25, -0.2) is 0 Å². The first-order chi connectivity index (χ1) is 13.6. The highest BCUT2D eigenvalue weighted by Crippen LogP contribution is 2.29. The van der Waals surface area contributed by atoms with Gasteiger partial charge in [-0.1, -0.05) is 0 Å². The molecule has 160 valence electrons. The first-order valence-electron chi connectivity index (χ1n) is 9.77. The van der Waals surface area contributed by atoms with Crippen molar-refractivity contribution in [2.75, 3.05) is 26.2 Å². The van der Waals surface area contributed by atoms with Crippen molar-refractivity contribution >= 4 is 5.91 Å². The van der Waals surface area contributed by atoms with Crippen LogP contribution in [0, 0.1) is 13.8 Å². The molecule has 0 aromatic carbocycles. The summed E-state index contributed by atoms with van der Waals surface area (Å²) < 4.78 is 41.8. The third-order valence-corrected chi connectivity index (χ3v) is 5.39. The summed E-state index contributed by atoms with van der Waals surface area (Å²) in [6, 6.07) is 0.197. The number of amides is 1. The molecule has 0 bridgehead atoms. The zero-order valence-electron chi connectivity index (χ0n) is 17.2. The number of aromatic nitrogens is 4. The van der Waals surface area contributed by atoms with Gasteiger partial charge in [-0.3, -0.25) is 19.1 Å². The van der Waals surface area contributed by atoms with Crippen LogP contribution in [0.4, 0.5) is 13.2 Å². The lowest BCUT2D eigenvalue weighted by Gasteiger charge is -2.36. The van der Waals surface area contributed by atoms with Crippen molar-refractivity contribution in [1.82, 2.24) is 29.4 Å². The van der Waals surface area contributed by atoms with E-state index in [1.165, 1.54) is 17.2 Å². The molecule has 0 saturated carbocycles. The summed E-state index contributed by atoms with van der Waals surface area (Å²) in [7, 11) is 0. The molecule has 2 aromatic heterocycles. The third kappa shape index (κ3) is 4.63. The fourth-order valence-corrected chi connectivity index (χ4v) is 3.63. The van der Waals surface area contributed by atoms with E-state index < -0.39 is 17.9 Å². The van der Waals surface area contributed by atoms with Crippen LogP contribution in [0.15, 0.2) is 12.3 Å². The molecule has 2 aromatic rings. The van der Waals surface area contributed by atoms with Crippen LogP contribution in [0.2, 0.25) is 0 Å². The predicted octanol–water partition coefficient (Wildman–Crippen LogP) is 2.64. The molecular weight excluding hydrogens is 385 g/mol. The largest absolute Gasteiger partial charge is 0.435 e. The first-order valence-corrected chi connectivity index (χ1v) is 9.77. The zero-order valence-corrected chi connectivity index (χ0v) is 17.2. The molecule has 1 aliphatic heterocycles. The molecule has 1 saturated heterocycles. The van der Waals surface area contributed by atoms with Gasteiger partial charge in [-0.05, 0) is 33.8 Å². The average Bonchev–Trinajstić information content (AvgIpc) is 3.24. The summed E-state index contributed by atoms with van der Waals surface area (Å²) >= 11 is 0. The Morgan fingerprint density at radius 1 is 1.17 bits per heavy atom. The van der Waals surface area contributed by atoms with Gasteiger partial charge < -0.3 is 4.90 Å². The first kappa shape index (κ1) is 21.4. The Balaban J connectivity index is 1.59. The zero-order chi connectivity index (χ0) is 21.3. The van der Waals surface area contributed by atoms with Crippen molar-refractivity contribution in [3.05, 3.63) is 34.9 Å². The second-order valence-electron chi connectivity index (χ2n) is 7.49. The number of hydrogen-bond acceptors (Lipinski definition) is 4. The van der Waals surface area contributed by atoms with E-state index in [0.717, 1.165) is 24.8 Å². The Kier molecular flexibility index (Phi) is 6.02.